The first-order valence-electron chi connectivity index (χ1n) is 11.1. The van der Waals surface area contributed by atoms with Crippen LogP contribution in [0.25, 0.3) is 11.1 Å². The first kappa shape index (κ1) is 20.5. The van der Waals surface area contributed by atoms with Crippen LogP contribution in [0.15, 0.2) is 48.5 Å². The summed E-state index contributed by atoms with van der Waals surface area (Å²) in [6.45, 7) is 1.08. The number of fused-ring (bicyclic) bond motifs is 3. The van der Waals surface area contributed by atoms with Crippen LogP contribution in [0, 0.1) is 23.7 Å². The molecule has 32 heavy (non-hydrogen) atoms. The van der Waals surface area contributed by atoms with Gasteiger partial charge in [0.25, 0.3) is 0 Å². The number of aliphatic carboxylic acids is 1. The number of carbonyl (C=O) groups excluding carboxylic acids is 2. The summed E-state index contributed by atoms with van der Waals surface area (Å²) in [6.07, 6.45) is 0.885. The number of hydrogen-bond acceptors (Lipinski definition) is 4. The third-order valence-electron chi connectivity index (χ3n) is 6.89. The number of carboxylic acids is 1. The van der Waals surface area contributed by atoms with Crippen molar-refractivity contribution in [3.05, 3.63) is 59.7 Å². The summed E-state index contributed by atoms with van der Waals surface area (Å²) in [5, 5.41) is 14.5. The lowest BCUT2D eigenvalue weighted by molar-refractivity contribution is -0.139. The Hall–Kier alpha value is -3.35. The zero-order chi connectivity index (χ0) is 22.2. The van der Waals surface area contributed by atoms with E-state index in [4.69, 9.17) is 9.84 Å². The van der Waals surface area contributed by atoms with Crippen LogP contribution in [-0.4, -0.2) is 42.8 Å². The van der Waals surface area contributed by atoms with Gasteiger partial charge in [-0.1, -0.05) is 48.5 Å². The molecule has 4 atom stereocenters. The van der Waals surface area contributed by atoms with Gasteiger partial charge < -0.3 is 20.5 Å². The molecule has 2 fully saturated rings. The number of rotatable bonds is 8. The molecule has 0 aliphatic heterocycles. The average molecular weight is 434 g/mol. The third-order valence-corrected chi connectivity index (χ3v) is 6.89. The quantitative estimate of drug-likeness (QED) is 0.593. The van der Waals surface area contributed by atoms with Crippen molar-refractivity contribution in [1.82, 2.24) is 10.6 Å². The van der Waals surface area contributed by atoms with Gasteiger partial charge in [-0.25, -0.2) is 4.79 Å². The summed E-state index contributed by atoms with van der Waals surface area (Å²) in [5.74, 6) is -1.12. The molecule has 3 aliphatic carbocycles. The van der Waals surface area contributed by atoms with Crippen molar-refractivity contribution in [2.24, 2.45) is 23.7 Å². The highest BCUT2D eigenvalue weighted by Gasteiger charge is 2.46. The highest BCUT2D eigenvalue weighted by Crippen LogP contribution is 2.44. The zero-order valence-electron chi connectivity index (χ0n) is 17.6. The molecule has 0 heterocycles. The van der Waals surface area contributed by atoms with E-state index in [1.165, 1.54) is 22.3 Å². The van der Waals surface area contributed by atoms with E-state index < -0.39 is 12.1 Å². The monoisotopic (exact) mass is 434 g/mol. The summed E-state index contributed by atoms with van der Waals surface area (Å²) in [5.41, 5.74) is 4.71. The van der Waals surface area contributed by atoms with Gasteiger partial charge in [0.2, 0.25) is 5.91 Å². The van der Waals surface area contributed by atoms with E-state index in [0.29, 0.717) is 19.5 Å². The van der Waals surface area contributed by atoms with Crippen molar-refractivity contribution < 1.29 is 24.2 Å². The lowest BCUT2D eigenvalue weighted by Gasteiger charge is -2.14. The molecule has 7 heteroatoms. The Morgan fingerprint density at radius 3 is 2.03 bits per heavy atom. The number of carbonyl (C=O) groups is 3. The fraction of sp³-hybridized carbons (Fsp3) is 0.400. The Balaban J connectivity index is 1.06. The standard InChI is InChI=1S/C25H26N2O5/c28-23(26-11-15-10-21(15)24(29)30)20-9-14(20)12-27-25(31)32-13-22-18-7-3-1-5-16(18)17-6-2-4-8-19(17)22/h1-8,14-15,20-22H,9-13H2,(H,26,28)(H,27,31)(H,29,30)/t14?,15-,20?,21-/m1/s1. The van der Waals surface area contributed by atoms with Crippen molar-refractivity contribution in [1.29, 1.82) is 0 Å². The molecule has 2 unspecified atom stereocenters. The fourth-order valence-corrected chi connectivity index (χ4v) is 4.80. The molecule has 2 aromatic carbocycles. The minimum absolute atomic E-state index is 0.0182. The molecular formula is C25H26N2O5. The number of hydrogen-bond donors (Lipinski definition) is 3. The normalized spacial score (nSPS) is 24.8. The van der Waals surface area contributed by atoms with E-state index in [0.717, 1.165) is 6.42 Å². The number of amides is 2. The van der Waals surface area contributed by atoms with Crippen LogP contribution in [0.1, 0.15) is 29.9 Å². The van der Waals surface area contributed by atoms with Crippen LogP contribution < -0.4 is 10.6 Å². The molecule has 5 rings (SSSR count). The highest BCUT2D eigenvalue weighted by molar-refractivity contribution is 5.82. The van der Waals surface area contributed by atoms with Gasteiger partial charge >= 0.3 is 12.1 Å². The number of ether oxygens (including phenoxy) is 1. The van der Waals surface area contributed by atoms with Gasteiger partial charge in [-0.3, -0.25) is 9.59 Å². The molecule has 0 saturated heterocycles. The summed E-state index contributed by atoms with van der Waals surface area (Å²) in [6, 6.07) is 16.4. The zero-order valence-corrected chi connectivity index (χ0v) is 17.6. The second-order valence-electron chi connectivity index (χ2n) is 8.99. The van der Waals surface area contributed by atoms with E-state index in [-0.39, 0.29) is 42.1 Å². The first-order chi connectivity index (χ1) is 15.5. The van der Waals surface area contributed by atoms with E-state index in [9.17, 15) is 14.4 Å². The molecular weight excluding hydrogens is 408 g/mol. The molecule has 166 valence electrons. The minimum atomic E-state index is -0.791. The largest absolute Gasteiger partial charge is 0.481 e. The molecule has 0 spiro atoms. The van der Waals surface area contributed by atoms with Crippen LogP contribution in [0.5, 0.6) is 0 Å². The number of alkyl carbamates (subject to hydrolysis) is 1. The second kappa shape index (κ2) is 8.30. The lowest BCUT2D eigenvalue weighted by Crippen LogP contribution is -2.31. The van der Waals surface area contributed by atoms with Gasteiger partial charge in [0.15, 0.2) is 0 Å². The van der Waals surface area contributed by atoms with Gasteiger partial charge in [-0.15, -0.1) is 0 Å². The number of benzene rings is 2. The van der Waals surface area contributed by atoms with Crippen molar-refractivity contribution >= 4 is 18.0 Å². The second-order valence-corrected chi connectivity index (χ2v) is 8.99. The number of carboxylic acid groups (broad SMARTS) is 1. The van der Waals surface area contributed by atoms with Crippen LogP contribution in [0.3, 0.4) is 0 Å². The van der Waals surface area contributed by atoms with Gasteiger partial charge in [0, 0.05) is 24.9 Å². The smallest absolute Gasteiger partial charge is 0.407 e. The van der Waals surface area contributed by atoms with Crippen molar-refractivity contribution in [3.63, 3.8) is 0 Å². The average Bonchev–Trinajstić information content (AvgIpc) is 3.71. The Labute approximate surface area is 186 Å². The Morgan fingerprint density at radius 1 is 0.844 bits per heavy atom. The van der Waals surface area contributed by atoms with Gasteiger partial charge in [-0.05, 0) is 46.9 Å². The highest BCUT2D eigenvalue weighted by atomic mass is 16.5. The minimum Gasteiger partial charge on any atom is -0.481 e. The lowest BCUT2D eigenvalue weighted by atomic mass is 9.98. The maximum atomic E-state index is 12.3. The molecule has 2 saturated carbocycles. The topological polar surface area (TPSA) is 105 Å². The molecule has 0 bridgehead atoms. The molecule has 0 aromatic heterocycles. The molecule has 3 N–H and O–H groups in total. The van der Waals surface area contributed by atoms with E-state index in [2.05, 4.69) is 34.9 Å². The maximum Gasteiger partial charge on any atom is 0.407 e. The van der Waals surface area contributed by atoms with Crippen LogP contribution in [0.2, 0.25) is 0 Å². The van der Waals surface area contributed by atoms with E-state index in [1.54, 1.807) is 0 Å². The Morgan fingerprint density at radius 2 is 1.41 bits per heavy atom. The summed E-state index contributed by atoms with van der Waals surface area (Å²) < 4.78 is 5.53. The van der Waals surface area contributed by atoms with Crippen LogP contribution in [0.4, 0.5) is 4.79 Å². The van der Waals surface area contributed by atoms with E-state index >= 15 is 0 Å². The van der Waals surface area contributed by atoms with Crippen molar-refractivity contribution in [3.8, 4) is 11.1 Å². The maximum absolute atomic E-state index is 12.3. The van der Waals surface area contributed by atoms with Gasteiger partial charge in [0.1, 0.15) is 6.61 Å². The predicted octanol–water partition coefficient (Wildman–Crippen LogP) is 3.00. The number of nitrogens with one attached hydrogen (secondary N) is 2. The van der Waals surface area contributed by atoms with Crippen LogP contribution in [-0.2, 0) is 14.3 Å². The van der Waals surface area contributed by atoms with Gasteiger partial charge in [0.05, 0.1) is 5.92 Å². The molecule has 2 amide bonds. The summed E-state index contributed by atoms with van der Waals surface area (Å²) in [7, 11) is 0. The fourth-order valence-electron chi connectivity index (χ4n) is 4.80. The Bertz CT molecular complexity index is 1020. The summed E-state index contributed by atoms with van der Waals surface area (Å²) >= 11 is 0. The molecule has 2 aromatic rings. The van der Waals surface area contributed by atoms with Crippen molar-refractivity contribution in [2.45, 2.75) is 18.8 Å². The predicted molar refractivity (Wildman–Crippen MR) is 117 cm³/mol. The van der Waals surface area contributed by atoms with Crippen molar-refractivity contribution in [2.75, 3.05) is 19.7 Å². The first-order valence-corrected chi connectivity index (χ1v) is 11.1. The third kappa shape index (κ3) is 4.07. The van der Waals surface area contributed by atoms with E-state index in [1.807, 2.05) is 24.3 Å². The molecule has 7 nitrogen and oxygen atoms in total. The van der Waals surface area contributed by atoms with Crippen LogP contribution >= 0.6 is 0 Å². The molecule has 0 radical (unpaired) electrons. The SMILES string of the molecule is O=C(NCC1CC1C(=O)NC[C@H]1C[C@H]1C(=O)O)OCC1c2ccccc2-c2ccccc21. The summed E-state index contributed by atoms with van der Waals surface area (Å²) in [4.78, 5) is 35.3. The van der Waals surface area contributed by atoms with Gasteiger partial charge in [-0.2, -0.15) is 0 Å². The molecule has 3 aliphatic rings. The Kier molecular flexibility index (Phi) is 5.33.